The second-order valence-electron chi connectivity index (χ2n) is 13.3. The van der Waals surface area contributed by atoms with Gasteiger partial charge in [0.15, 0.2) is 6.23 Å². The number of piperidine rings is 1. The van der Waals surface area contributed by atoms with E-state index in [1.807, 2.05) is 54.3 Å². The standard InChI is InChI=1S/C37H43N9O2/c1-24-3-4-28(20-42-24)33(39)30-19-29(9-10-31(30)38)46-18-14-37(34-36(46)48-34)13-17-44(22-37)21-32(47)45-15-11-26(12-16-45)25-5-7-27(8-6-25)35(40)43-23-41-2/h3-11,19-20,23,34,36,39H,12-18,21-22,38H2,1-2H3,(H2,40,41,43). The number of hydrogen-bond donors (Lipinski definition) is 3. The maximum atomic E-state index is 13.4. The maximum absolute atomic E-state index is 13.4. The zero-order chi connectivity index (χ0) is 33.4. The highest BCUT2D eigenvalue weighted by Crippen LogP contribution is 2.53. The summed E-state index contributed by atoms with van der Waals surface area (Å²) < 4.78 is 6.35. The Morgan fingerprint density at radius 1 is 1.10 bits per heavy atom. The van der Waals surface area contributed by atoms with Gasteiger partial charge < -0.3 is 26.0 Å². The largest absolute Gasteiger partial charge is 0.398 e. The van der Waals surface area contributed by atoms with Crippen molar-refractivity contribution >= 4 is 40.7 Å². The highest BCUT2D eigenvalue weighted by molar-refractivity contribution is 6.14. The van der Waals surface area contributed by atoms with Gasteiger partial charge in [-0.2, -0.15) is 0 Å². The van der Waals surface area contributed by atoms with E-state index in [-0.39, 0.29) is 23.7 Å². The van der Waals surface area contributed by atoms with Crippen molar-refractivity contribution in [3.8, 4) is 0 Å². The number of nitrogen functional groups attached to an aromatic ring is 1. The molecule has 4 aliphatic heterocycles. The van der Waals surface area contributed by atoms with E-state index in [4.69, 9.17) is 21.6 Å². The summed E-state index contributed by atoms with van der Waals surface area (Å²) in [4.78, 5) is 32.3. The van der Waals surface area contributed by atoms with Crippen molar-refractivity contribution in [1.82, 2.24) is 14.8 Å². The average molecular weight is 646 g/mol. The van der Waals surface area contributed by atoms with Gasteiger partial charge in [-0.15, -0.1) is 0 Å². The number of rotatable bonds is 8. The third-order valence-corrected chi connectivity index (χ3v) is 10.3. The van der Waals surface area contributed by atoms with Crippen LogP contribution in [-0.4, -0.2) is 97.2 Å². The molecule has 7 rings (SSSR count). The summed E-state index contributed by atoms with van der Waals surface area (Å²) in [5.41, 5.74) is 20.0. The molecule has 0 aliphatic carbocycles. The number of epoxide rings is 1. The first-order chi connectivity index (χ1) is 23.2. The Morgan fingerprint density at radius 2 is 1.90 bits per heavy atom. The summed E-state index contributed by atoms with van der Waals surface area (Å²) in [6.45, 7) is 6.36. The Balaban J connectivity index is 0.933. The van der Waals surface area contributed by atoms with Crippen molar-refractivity contribution in [2.45, 2.75) is 38.5 Å². The van der Waals surface area contributed by atoms with E-state index >= 15 is 0 Å². The van der Waals surface area contributed by atoms with Gasteiger partial charge in [-0.25, -0.2) is 4.99 Å². The van der Waals surface area contributed by atoms with E-state index in [0.29, 0.717) is 42.4 Å². The lowest BCUT2D eigenvalue weighted by molar-refractivity contribution is -0.131. The molecule has 3 saturated heterocycles. The molecule has 1 aromatic heterocycles. The lowest BCUT2D eigenvalue weighted by atomic mass is 9.77. The van der Waals surface area contributed by atoms with Crippen molar-refractivity contribution < 1.29 is 9.53 Å². The number of fused-ring (bicyclic) bond motifs is 2. The molecule has 2 aromatic carbocycles. The molecule has 3 fully saturated rings. The van der Waals surface area contributed by atoms with Crippen LogP contribution in [-0.2, 0) is 9.53 Å². The number of aryl methyl sites for hydroxylation is 1. The van der Waals surface area contributed by atoms with Gasteiger partial charge in [-0.05, 0) is 74.2 Å². The van der Waals surface area contributed by atoms with E-state index in [9.17, 15) is 4.79 Å². The molecule has 3 atom stereocenters. The molecule has 248 valence electrons. The van der Waals surface area contributed by atoms with Crippen LogP contribution in [0, 0.1) is 17.7 Å². The minimum absolute atomic E-state index is 0.00901. The predicted molar refractivity (Wildman–Crippen MR) is 191 cm³/mol. The molecule has 0 saturated carbocycles. The van der Waals surface area contributed by atoms with E-state index in [1.165, 1.54) is 11.9 Å². The van der Waals surface area contributed by atoms with E-state index in [2.05, 4.69) is 43.0 Å². The lowest BCUT2D eigenvalue weighted by Gasteiger charge is -2.37. The third kappa shape index (κ3) is 6.23. The number of carbonyl (C=O) groups is 1. The molecule has 11 heteroatoms. The van der Waals surface area contributed by atoms with Crippen molar-refractivity contribution in [3.63, 3.8) is 0 Å². The number of anilines is 2. The molecule has 5 N–H and O–H groups in total. The number of nitrogens with one attached hydrogen (secondary N) is 1. The second-order valence-corrected chi connectivity index (χ2v) is 13.3. The van der Waals surface area contributed by atoms with Crippen molar-refractivity contribution in [2.24, 2.45) is 21.1 Å². The molecule has 4 aliphatic rings. The number of amidine groups is 1. The highest BCUT2D eigenvalue weighted by atomic mass is 16.6. The van der Waals surface area contributed by atoms with Gasteiger partial charge in [-0.1, -0.05) is 30.3 Å². The predicted octanol–water partition coefficient (Wildman–Crippen LogP) is 3.69. The number of nitrogens with zero attached hydrogens (tertiary/aromatic N) is 6. The van der Waals surface area contributed by atoms with Crippen LogP contribution in [0.15, 0.2) is 76.9 Å². The number of aromatic nitrogens is 1. The fraction of sp³-hybridized carbons (Fsp3) is 0.378. The Kier molecular flexibility index (Phi) is 8.57. The first kappa shape index (κ1) is 31.7. The molecule has 0 bridgehead atoms. The zero-order valence-electron chi connectivity index (χ0n) is 27.6. The molecule has 1 amide bonds. The van der Waals surface area contributed by atoms with Gasteiger partial charge in [0.05, 0.1) is 12.3 Å². The third-order valence-electron chi connectivity index (χ3n) is 10.3. The molecule has 0 radical (unpaired) electrons. The van der Waals surface area contributed by atoms with Gasteiger partial charge in [0.25, 0.3) is 0 Å². The van der Waals surface area contributed by atoms with Crippen LogP contribution in [0.5, 0.6) is 0 Å². The van der Waals surface area contributed by atoms with Crippen LogP contribution in [0.4, 0.5) is 11.4 Å². The highest BCUT2D eigenvalue weighted by Gasteiger charge is 2.62. The minimum Gasteiger partial charge on any atom is -0.398 e. The number of nitrogens with two attached hydrogens (primary N) is 2. The average Bonchev–Trinajstić information content (AvgIpc) is 3.84. The smallest absolute Gasteiger partial charge is 0.237 e. The van der Waals surface area contributed by atoms with Crippen molar-refractivity contribution in [1.29, 1.82) is 5.41 Å². The Morgan fingerprint density at radius 3 is 2.62 bits per heavy atom. The van der Waals surface area contributed by atoms with Gasteiger partial charge in [0.1, 0.15) is 18.3 Å². The first-order valence-electron chi connectivity index (χ1n) is 16.6. The maximum Gasteiger partial charge on any atom is 0.237 e. The van der Waals surface area contributed by atoms with Gasteiger partial charge in [0, 0.05) is 78.6 Å². The van der Waals surface area contributed by atoms with E-state index < -0.39 is 0 Å². The fourth-order valence-corrected chi connectivity index (χ4v) is 7.44. The normalized spacial score (nSPS) is 24.2. The topological polar surface area (TPSA) is 153 Å². The Labute approximate surface area is 281 Å². The summed E-state index contributed by atoms with van der Waals surface area (Å²) in [5.74, 6) is 0.621. The Bertz CT molecular complexity index is 1800. The number of hydrogen-bond acceptors (Lipinski definition) is 8. The fourth-order valence-electron chi connectivity index (χ4n) is 7.44. The minimum atomic E-state index is 0.00901. The number of ether oxygens (including phenoxy) is 1. The molecule has 5 heterocycles. The van der Waals surface area contributed by atoms with E-state index in [0.717, 1.165) is 67.0 Å². The van der Waals surface area contributed by atoms with Gasteiger partial charge in [-0.3, -0.25) is 25.1 Å². The molecule has 11 nitrogen and oxygen atoms in total. The van der Waals surface area contributed by atoms with Crippen molar-refractivity contribution in [2.75, 3.05) is 56.9 Å². The molecule has 3 unspecified atom stereocenters. The van der Waals surface area contributed by atoms with Crippen LogP contribution >= 0.6 is 0 Å². The van der Waals surface area contributed by atoms with Crippen LogP contribution in [0.3, 0.4) is 0 Å². The molecule has 48 heavy (non-hydrogen) atoms. The molecular weight excluding hydrogens is 602 g/mol. The number of likely N-dealkylation sites (tertiary alicyclic amines) is 1. The number of carbonyl (C=O) groups excluding carboxylic acids is 1. The van der Waals surface area contributed by atoms with E-state index in [1.54, 1.807) is 13.2 Å². The number of aliphatic imine (C=N–C) groups is 2. The Hall–Kier alpha value is -4.87. The van der Waals surface area contributed by atoms with Crippen LogP contribution < -0.4 is 16.4 Å². The summed E-state index contributed by atoms with van der Waals surface area (Å²) in [7, 11) is 1.66. The van der Waals surface area contributed by atoms with Crippen LogP contribution in [0.1, 0.15) is 47.2 Å². The summed E-state index contributed by atoms with van der Waals surface area (Å²) >= 11 is 0. The lowest BCUT2D eigenvalue weighted by Crippen LogP contribution is -2.46. The quantitative estimate of drug-likeness (QED) is 0.146. The summed E-state index contributed by atoms with van der Waals surface area (Å²) in [5, 5.41) is 8.80. The molecule has 3 aromatic rings. The van der Waals surface area contributed by atoms with Crippen molar-refractivity contribution in [3.05, 3.63) is 94.8 Å². The van der Waals surface area contributed by atoms with Crippen LogP contribution in [0.25, 0.3) is 5.57 Å². The SMILES string of the molecule is CN=CN=C(N)c1ccc(C2=CCN(C(=O)CN3CCC4(CCN(c5ccc(N)c(C(=N)c6ccc(C)nc6)c5)C5OC54)C3)CC2)cc1. The first-order valence-corrected chi connectivity index (χ1v) is 16.6. The van der Waals surface area contributed by atoms with Crippen LogP contribution in [0.2, 0.25) is 0 Å². The van der Waals surface area contributed by atoms with Gasteiger partial charge in [0.2, 0.25) is 5.91 Å². The number of pyridine rings is 1. The van der Waals surface area contributed by atoms with Gasteiger partial charge >= 0.3 is 0 Å². The summed E-state index contributed by atoms with van der Waals surface area (Å²) in [6, 6.07) is 17.8. The monoisotopic (exact) mass is 645 g/mol. The summed E-state index contributed by atoms with van der Waals surface area (Å²) in [6.07, 6.45) is 8.34. The number of benzene rings is 2. The second kappa shape index (κ2) is 13.0. The zero-order valence-corrected chi connectivity index (χ0v) is 27.6. The molecular formula is C37H43N9O2. The molecule has 1 spiro atoms. The number of amides is 1.